The van der Waals surface area contributed by atoms with Crippen LogP contribution in [0.5, 0.6) is 0 Å². The van der Waals surface area contributed by atoms with E-state index in [2.05, 4.69) is 31.2 Å². The zero-order chi connectivity index (χ0) is 20.9. The number of nitrogens with zero attached hydrogens (tertiary/aromatic N) is 2. The number of hydrogen-bond donors (Lipinski definition) is 1. The van der Waals surface area contributed by atoms with E-state index in [0.717, 1.165) is 62.3 Å². The van der Waals surface area contributed by atoms with Crippen molar-refractivity contribution in [2.75, 3.05) is 13.2 Å². The molecule has 1 saturated carbocycles. The van der Waals surface area contributed by atoms with Gasteiger partial charge in [-0.2, -0.15) is 0 Å². The third-order valence-corrected chi connectivity index (χ3v) is 6.28. The van der Waals surface area contributed by atoms with Crippen molar-refractivity contribution in [3.05, 3.63) is 53.2 Å². The zero-order valence-corrected chi connectivity index (χ0v) is 17.9. The summed E-state index contributed by atoms with van der Waals surface area (Å²) in [5.74, 6) is 1.93. The van der Waals surface area contributed by atoms with Crippen LogP contribution in [-0.4, -0.2) is 41.1 Å². The summed E-state index contributed by atoms with van der Waals surface area (Å²) in [6, 6.07) is 10.4. The SMILES string of the molecule is CCCO[C@H]1C[C@@H](C(=O)N2CCc3oc(CCc4ccccc4)nc3C2)CC[C@@H]1N. The van der Waals surface area contributed by atoms with Crippen molar-refractivity contribution in [2.45, 2.75) is 70.6 Å². The van der Waals surface area contributed by atoms with Gasteiger partial charge in [-0.05, 0) is 37.7 Å². The molecule has 0 unspecified atom stereocenters. The van der Waals surface area contributed by atoms with Crippen LogP contribution in [0, 0.1) is 5.92 Å². The van der Waals surface area contributed by atoms with Crippen LogP contribution in [0.15, 0.2) is 34.7 Å². The lowest BCUT2D eigenvalue weighted by Gasteiger charge is -2.36. The minimum absolute atomic E-state index is 0.00217. The monoisotopic (exact) mass is 411 g/mol. The molecule has 162 valence electrons. The maximum absolute atomic E-state index is 13.2. The average Bonchev–Trinajstić information content (AvgIpc) is 3.19. The highest BCUT2D eigenvalue weighted by Crippen LogP contribution is 2.30. The van der Waals surface area contributed by atoms with Gasteiger partial charge in [-0.15, -0.1) is 0 Å². The Bertz CT molecular complexity index is 835. The highest BCUT2D eigenvalue weighted by molar-refractivity contribution is 5.79. The lowest BCUT2D eigenvalue weighted by molar-refractivity contribution is -0.140. The molecule has 0 saturated heterocycles. The summed E-state index contributed by atoms with van der Waals surface area (Å²) in [6.45, 7) is 4.04. The summed E-state index contributed by atoms with van der Waals surface area (Å²) >= 11 is 0. The van der Waals surface area contributed by atoms with Crippen LogP contribution in [0.4, 0.5) is 0 Å². The van der Waals surface area contributed by atoms with Crippen molar-refractivity contribution >= 4 is 5.91 Å². The summed E-state index contributed by atoms with van der Waals surface area (Å²) in [6.07, 6.45) is 5.80. The van der Waals surface area contributed by atoms with E-state index >= 15 is 0 Å². The third kappa shape index (κ3) is 4.93. The van der Waals surface area contributed by atoms with Gasteiger partial charge in [0.1, 0.15) is 11.5 Å². The highest BCUT2D eigenvalue weighted by atomic mass is 16.5. The number of carbonyl (C=O) groups is 1. The van der Waals surface area contributed by atoms with Crippen molar-refractivity contribution < 1.29 is 13.9 Å². The first-order chi connectivity index (χ1) is 14.6. The Balaban J connectivity index is 1.34. The van der Waals surface area contributed by atoms with E-state index < -0.39 is 0 Å². The smallest absolute Gasteiger partial charge is 0.226 e. The van der Waals surface area contributed by atoms with Gasteiger partial charge in [0.25, 0.3) is 0 Å². The van der Waals surface area contributed by atoms with Gasteiger partial charge in [-0.1, -0.05) is 37.3 Å². The van der Waals surface area contributed by atoms with Crippen LogP contribution in [0.2, 0.25) is 0 Å². The van der Waals surface area contributed by atoms with E-state index in [1.807, 2.05) is 11.0 Å². The van der Waals surface area contributed by atoms with Crippen LogP contribution in [0.1, 0.15) is 55.5 Å². The number of oxazole rings is 1. The molecule has 3 atom stereocenters. The Morgan fingerprint density at radius 1 is 1.27 bits per heavy atom. The maximum atomic E-state index is 13.2. The van der Waals surface area contributed by atoms with Crippen LogP contribution in [0.25, 0.3) is 0 Å². The van der Waals surface area contributed by atoms with Crippen molar-refractivity contribution in [3.63, 3.8) is 0 Å². The molecular formula is C24H33N3O3. The molecule has 1 aromatic carbocycles. The molecule has 0 spiro atoms. The number of nitrogens with two attached hydrogens (primary N) is 1. The highest BCUT2D eigenvalue weighted by Gasteiger charge is 2.36. The minimum atomic E-state index is -0.00959. The number of carbonyl (C=O) groups excluding carboxylic acids is 1. The van der Waals surface area contributed by atoms with Crippen LogP contribution >= 0.6 is 0 Å². The number of fused-ring (bicyclic) bond motifs is 1. The molecule has 6 nitrogen and oxygen atoms in total. The van der Waals surface area contributed by atoms with Gasteiger partial charge in [-0.3, -0.25) is 4.79 Å². The van der Waals surface area contributed by atoms with Gasteiger partial charge >= 0.3 is 0 Å². The molecule has 1 amide bonds. The second kappa shape index (κ2) is 9.75. The van der Waals surface area contributed by atoms with Crippen molar-refractivity contribution in [1.29, 1.82) is 0 Å². The molecule has 2 aromatic rings. The molecule has 1 aromatic heterocycles. The van der Waals surface area contributed by atoms with E-state index in [1.165, 1.54) is 5.56 Å². The topological polar surface area (TPSA) is 81.6 Å². The van der Waals surface area contributed by atoms with Gasteiger partial charge in [0, 0.05) is 38.0 Å². The van der Waals surface area contributed by atoms with E-state index in [0.29, 0.717) is 19.7 Å². The summed E-state index contributed by atoms with van der Waals surface area (Å²) in [4.78, 5) is 19.8. The molecule has 2 heterocycles. The first-order valence-corrected chi connectivity index (χ1v) is 11.3. The quantitative estimate of drug-likeness (QED) is 0.756. The lowest BCUT2D eigenvalue weighted by atomic mass is 9.83. The molecular weight excluding hydrogens is 378 g/mol. The third-order valence-electron chi connectivity index (χ3n) is 6.28. The molecule has 1 aliphatic carbocycles. The molecule has 0 radical (unpaired) electrons. The minimum Gasteiger partial charge on any atom is -0.445 e. The fraction of sp³-hybridized carbons (Fsp3) is 0.583. The number of rotatable bonds is 7. The Labute approximate surface area is 178 Å². The molecule has 2 aliphatic rings. The first-order valence-electron chi connectivity index (χ1n) is 11.3. The fourth-order valence-corrected chi connectivity index (χ4v) is 4.54. The largest absolute Gasteiger partial charge is 0.445 e. The van der Waals surface area contributed by atoms with Gasteiger partial charge in [0.15, 0.2) is 5.89 Å². The molecule has 1 fully saturated rings. The second-order valence-corrected chi connectivity index (χ2v) is 8.56. The van der Waals surface area contributed by atoms with Gasteiger partial charge < -0.3 is 19.8 Å². The van der Waals surface area contributed by atoms with Crippen LogP contribution in [0.3, 0.4) is 0 Å². The number of aromatic nitrogens is 1. The lowest BCUT2D eigenvalue weighted by Crippen LogP contribution is -2.47. The zero-order valence-electron chi connectivity index (χ0n) is 17.9. The van der Waals surface area contributed by atoms with E-state index in [4.69, 9.17) is 19.9 Å². The summed E-state index contributed by atoms with van der Waals surface area (Å²) in [7, 11) is 0. The van der Waals surface area contributed by atoms with Gasteiger partial charge in [-0.25, -0.2) is 4.98 Å². The Hall–Kier alpha value is -2.18. The molecule has 2 N–H and O–H groups in total. The van der Waals surface area contributed by atoms with Crippen LogP contribution in [-0.2, 0) is 35.3 Å². The van der Waals surface area contributed by atoms with E-state index in [-0.39, 0.29) is 24.0 Å². The molecule has 6 heteroatoms. The second-order valence-electron chi connectivity index (χ2n) is 8.56. The maximum Gasteiger partial charge on any atom is 0.226 e. The number of amides is 1. The normalized spacial score (nSPS) is 23.9. The van der Waals surface area contributed by atoms with Crippen molar-refractivity contribution in [1.82, 2.24) is 9.88 Å². The van der Waals surface area contributed by atoms with Crippen molar-refractivity contribution in [3.8, 4) is 0 Å². The standard InChI is InChI=1S/C24H33N3O3/c1-2-14-29-22-15-18(9-10-19(22)25)24(28)27-13-12-21-20(16-27)26-23(30-21)11-8-17-6-4-3-5-7-17/h3-7,18-19,22H,2,8-16,25H2,1H3/t18-,19-,22-/m0/s1. The predicted octanol–water partition coefficient (Wildman–Crippen LogP) is 3.27. The number of ether oxygens (including phenoxy) is 1. The fourth-order valence-electron chi connectivity index (χ4n) is 4.54. The van der Waals surface area contributed by atoms with Gasteiger partial charge in [0.2, 0.25) is 5.91 Å². The Morgan fingerprint density at radius 2 is 2.10 bits per heavy atom. The Morgan fingerprint density at radius 3 is 2.90 bits per heavy atom. The number of hydrogen-bond acceptors (Lipinski definition) is 5. The van der Waals surface area contributed by atoms with Gasteiger partial charge in [0.05, 0.1) is 12.6 Å². The summed E-state index contributed by atoms with van der Waals surface area (Å²) in [5, 5.41) is 0. The molecule has 30 heavy (non-hydrogen) atoms. The number of benzene rings is 1. The van der Waals surface area contributed by atoms with Crippen LogP contribution < -0.4 is 5.73 Å². The Kier molecular flexibility index (Phi) is 6.85. The molecule has 4 rings (SSSR count). The predicted molar refractivity (Wildman–Crippen MR) is 115 cm³/mol. The summed E-state index contributed by atoms with van der Waals surface area (Å²) < 4.78 is 11.9. The van der Waals surface area contributed by atoms with Crippen molar-refractivity contribution in [2.24, 2.45) is 11.7 Å². The average molecular weight is 412 g/mol. The summed E-state index contributed by atoms with van der Waals surface area (Å²) in [5.41, 5.74) is 8.42. The van der Waals surface area contributed by atoms with E-state index in [1.54, 1.807) is 0 Å². The first kappa shape index (κ1) is 21.1. The van der Waals surface area contributed by atoms with E-state index in [9.17, 15) is 4.79 Å². The molecule has 0 bridgehead atoms. The molecule has 1 aliphatic heterocycles. The number of aryl methyl sites for hydroxylation is 2.